The number of aryl methyl sites for hydroxylation is 1. The van der Waals surface area contributed by atoms with Gasteiger partial charge in [0.05, 0.1) is 0 Å². The van der Waals surface area contributed by atoms with Crippen molar-refractivity contribution in [1.82, 2.24) is 49.8 Å². The van der Waals surface area contributed by atoms with E-state index in [1.54, 1.807) is 24.3 Å². The normalized spacial score (nSPS) is 19.5. The number of aromatic nitrogens is 9. The molecule has 0 bridgehead atoms. The molecule has 6 heterocycles. The van der Waals surface area contributed by atoms with Crippen molar-refractivity contribution in [2.24, 2.45) is 5.41 Å². The summed E-state index contributed by atoms with van der Waals surface area (Å²) in [6.07, 6.45) is 6.53. The van der Waals surface area contributed by atoms with Gasteiger partial charge in [-0.25, -0.2) is 4.98 Å². The van der Waals surface area contributed by atoms with E-state index in [1.807, 2.05) is 35.0 Å². The van der Waals surface area contributed by atoms with Crippen molar-refractivity contribution in [1.29, 1.82) is 0 Å². The summed E-state index contributed by atoms with van der Waals surface area (Å²) in [6.45, 7) is 2.91. The molecule has 1 atom stereocenters. The summed E-state index contributed by atoms with van der Waals surface area (Å²) in [5, 5.41) is 17.5. The molecule has 13 nitrogen and oxygen atoms in total. The molecule has 1 aromatic carbocycles. The number of carbonyl (C=O) groups is 2. The number of alkyl halides is 2. The maximum absolute atomic E-state index is 13.6. The van der Waals surface area contributed by atoms with Gasteiger partial charge in [0.25, 0.3) is 0 Å². The summed E-state index contributed by atoms with van der Waals surface area (Å²) >= 11 is -1.68. The number of ketones is 1. The van der Waals surface area contributed by atoms with Crippen LogP contribution in [0.15, 0.2) is 49.1 Å². The Labute approximate surface area is 241 Å². The Hall–Kier alpha value is -4.21. The molecule has 14 heteroatoms. The zero-order valence-corrected chi connectivity index (χ0v) is 24.6. The number of carbonyl (C=O) groups excluding carboxylic acids is 2. The number of methoxy groups -OCH3 is 1. The molecule has 2 saturated heterocycles. The summed E-state index contributed by atoms with van der Waals surface area (Å²) in [5.41, 5.74) is 1.77. The number of H-pyrrole nitrogens is 1. The SMILES string of the molecule is COc1cnc(-n2cnc(C)n2)c2[nH]cc(C(=O)C(=O)N3CCC4(CCI(c5nnnn5-c5ccccc5)C4)C3)c12. The van der Waals surface area contributed by atoms with E-state index in [9.17, 15) is 9.59 Å². The second-order valence-corrected chi connectivity index (χ2v) is 15.8. The van der Waals surface area contributed by atoms with Gasteiger partial charge in [0.2, 0.25) is 0 Å². The first-order valence-electron chi connectivity index (χ1n) is 13.2. The number of benzene rings is 1. The first kappa shape index (κ1) is 25.7. The second kappa shape index (κ2) is 10.0. The third-order valence-corrected chi connectivity index (χ3v) is 14.2. The molecule has 0 saturated carbocycles. The van der Waals surface area contributed by atoms with Gasteiger partial charge < -0.3 is 0 Å². The second-order valence-electron chi connectivity index (χ2n) is 10.4. The molecule has 0 radical (unpaired) electrons. The number of likely N-dealkylation sites (tertiary alicyclic amines) is 1. The standard InChI is InChI=1S/C27H27IN10O3/c1-17-31-16-37(33-17)24-22-21(20(41-2)13-30-24)19(12-29-22)23(39)25(40)36-11-9-27(15-36)8-10-28(14-27)26-32-34-35-38(26)18-6-4-3-5-7-18/h3-7,12-13,16,29H,8-11,14-15H2,1-2H3. The summed E-state index contributed by atoms with van der Waals surface area (Å²) in [6, 6.07) is 9.95. The van der Waals surface area contributed by atoms with Gasteiger partial charge in [0, 0.05) is 0 Å². The summed E-state index contributed by atoms with van der Waals surface area (Å²) in [4.78, 5) is 40.7. The molecule has 0 aliphatic carbocycles. The number of ether oxygens (including phenoxy) is 1. The van der Waals surface area contributed by atoms with E-state index in [-0.39, 0.29) is 11.0 Å². The molecule has 1 spiro atoms. The minimum atomic E-state index is -1.68. The Balaban J connectivity index is 1.11. The van der Waals surface area contributed by atoms with Crippen molar-refractivity contribution in [2.75, 3.05) is 29.1 Å². The van der Waals surface area contributed by atoms with Gasteiger partial charge in [0.1, 0.15) is 5.82 Å². The molecule has 1 N–H and O–H groups in total. The Kier molecular flexibility index (Phi) is 6.28. The summed E-state index contributed by atoms with van der Waals surface area (Å²) < 4.78 is 12.0. The number of aromatic amines is 1. The molecule has 41 heavy (non-hydrogen) atoms. The Bertz CT molecular complexity index is 1780. The average molecular weight is 666 g/mol. The van der Waals surface area contributed by atoms with E-state index in [0.717, 1.165) is 31.2 Å². The Morgan fingerprint density at radius 2 is 2.00 bits per heavy atom. The zero-order chi connectivity index (χ0) is 28.1. The first-order chi connectivity index (χ1) is 20.0. The van der Waals surface area contributed by atoms with E-state index in [0.29, 0.717) is 41.4 Å². The van der Waals surface area contributed by atoms with Crippen LogP contribution in [0.2, 0.25) is 0 Å². The van der Waals surface area contributed by atoms with Crippen LogP contribution < -0.4 is 4.74 Å². The number of fused-ring (bicyclic) bond motifs is 1. The van der Waals surface area contributed by atoms with Crippen LogP contribution in [0.3, 0.4) is 0 Å². The number of halogens is 1. The van der Waals surface area contributed by atoms with Crippen LogP contribution in [0.25, 0.3) is 22.4 Å². The number of Topliss-reactive ketones (excluding diaryl/α,β-unsaturated/α-hetero) is 1. The third-order valence-electron chi connectivity index (χ3n) is 7.83. The molecule has 1 unspecified atom stereocenters. The fourth-order valence-corrected chi connectivity index (χ4v) is 13.1. The monoisotopic (exact) mass is 666 g/mol. The number of rotatable bonds is 6. The number of nitrogens with zero attached hydrogens (tertiary/aromatic N) is 9. The Morgan fingerprint density at radius 3 is 2.78 bits per heavy atom. The van der Waals surface area contributed by atoms with Gasteiger partial charge in [-0.05, 0) is 6.92 Å². The van der Waals surface area contributed by atoms with Crippen molar-refractivity contribution >= 4 is 42.4 Å². The zero-order valence-electron chi connectivity index (χ0n) is 22.5. The molecular weight excluding hydrogens is 639 g/mol. The molecular formula is C27H27IN10O3. The van der Waals surface area contributed by atoms with Gasteiger partial charge in [-0.3, -0.25) is 0 Å². The summed E-state index contributed by atoms with van der Waals surface area (Å²) in [7, 11) is 1.51. The predicted octanol–water partition coefficient (Wildman–Crippen LogP) is 2.62. The maximum atomic E-state index is 13.6. The van der Waals surface area contributed by atoms with Crippen molar-refractivity contribution < 1.29 is 14.3 Å². The van der Waals surface area contributed by atoms with Gasteiger partial charge in [-0.2, -0.15) is 0 Å². The van der Waals surface area contributed by atoms with Crippen LogP contribution >= 0.6 is 19.8 Å². The van der Waals surface area contributed by atoms with Crippen LogP contribution in [0.5, 0.6) is 5.75 Å². The van der Waals surface area contributed by atoms with Crippen LogP contribution in [0.4, 0.5) is 0 Å². The molecule has 2 aliphatic rings. The van der Waals surface area contributed by atoms with Gasteiger partial charge >= 0.3 is 225 Å². The quantitative estimate of drug-likeness (QED) is 0.125. The van der Waals surface area contributed by atoms with Crippen molar-refractivity contribution in [2.45, 2.75) is 19.8 Å². The van der Waals surface area contributed by atoms with E-state index >= 15 is 0 Å². The van der Waals surface area contributed by atoms with Gasteiger partial charge in [-0.1, -0.05) is 0 Å². The topological polar surface area (TPSA) is 150 Å². The van der Waals surface area contributed by atoms with Crippen molar-refractivity contribution in [3.05, 3.63) is 64.3 Å². The van der Waals surface area contributed by atoms with Gasteiger partial charge in [-0.15, -0.1) is 0 Å². The number of tetrazole rings is 1. The number of hydrogen-bond donors (Lipinski definition) is 1. The van der Waals surface area contributed by atoms with E-state index in [1.165, 1.54) is 18.0 Å². The molecule has 1 amide bonds. The van der Waals surface area contributed by atoms with Crippen LogP contribution in [-0.2, 0) is 4.79 Å². The van der Waals surface area contributed by atoms with Crippen molar-refractivity contribution in [3.8, 4) is 17.3 Å². The van der Waals surface area contributed by atoms with Crippen molar-refractivity contribution in [3.63, 3.8) is 0 Å². The fourth-order valence-electron chi connectivity index (χ4n) is 5.75. The average Bonchev–Trinajstić information content (AvgIpc) is 3.83. The molecule has 2 fully saturated rings. The number of hydrogen-bond acceptors (Lipinski definition) is 9. The number of nitrogens with one attached hydrogen (secondary N) is 1. The minimum absolute atomic E-state index is 0.00814. The van der Waals surface area contributed by atoms with E-state index in [4.69, 9.17) is 4.74 Å². The van der Waals surface area contributed by atoms with Crippen LogP contribution in [0.1, 0.15) is 29.0 Å². The Morgan fingerprint density at radius 1 is 1.15 bits per heavy atom. The number of para-hydroxylation sites is 1. The first-order valence-corrected chi connectivity index (χ1v) is 17.3. The molecule has 5 aromatic rings. The van der Waals surface area contributed by atoms with Crippen LogP contribution in [0, 0.1) is 16.2 Å². The summed E-state index contributed by atoms with van der Waals surface area (Å²) in [5.74, 6) is 0.387. The molecule has 7 rings (SSSR count). The molecule has 2 aliphatic heterocycles. The van der Waals surface area contributed by atoms with E-state index in [2.05, 4.69) is 35.6 Å². The molecule has 210 valence electrons. The number of pyridine rings is 1. The van der Waals surface area contributed by atoms with Crippen LogP contribution in [-0.4, -0.2) is 90.6 Å². The van der Waals surface area contributed by atoms with Gasteiger partial charge in [0.15, 0.2) is 0 Å². The predicted molar refractivity (Wildman–Crippen MR) is 156 cm³/mol. The third kappa shape index (κ3) is 4.36. The number of amides is 1. The fraction of sp³-hybridized carbons (Fsp3) is 0.333. The molecule has 4 aromatic heterocycles. The van der Waals surface area contributed by atoms with E-state index < -0.39 is 31.5 Å².